The molecule has 0 aliphatic carbocycles. The lowest BCUT2D eigenvalue weighted by Gasteiger charge is -2.10. The molecule has 1 amide bonds. The molecule has 0 radical (unpaired) electrons. The molecule has 1 aliphatic rings. The van der Waals surface area contributed by atoms with Crippen molar-refractivity contribution in [3.05, 3.63) is 29.8 Å². The van der Waals surface area contributed by atoms with Gasteiger partial charge < -0.3 is 10.6 Å². The zero-order chi connectivity index (χ0) is 9.26. The van der Waals surface area contributed by atoms with E-state index in [9.17, 15) is 4.79 Å². The van der Waals surface area contributed by atoms with Gasteiger partial charge in [0.1, 0.15) is 0 Å². The van der Waals surface area contributed by atoms with E-state index in [4.69, 9.17) is 0 Å². The van der Waals surface area contributed by atoms with Crippen LogP contribution in [-0.4, -0.2) is 18.5 Å². The van der Waals surface area contributed by atoms with Crippen molar-refractivity contribution in [3.8, 4) is 0 Å². The summed E-state index contributed by atoms with van der Waals surface area (Å²) in [5.74, 6) is 0.00690. The summed E-state index contributed by atoms with van der Waals surface area (Å²) in [6.45, 7) is 2.72. The average Bonchev–Trinajstić information content (AvgIpc) is 2.27. The smallest absolute Gasteiger partial charge is 0.253 e. The van der Waals surface area contributed by atoms with Gasteiger partial charge in [-0.1, -0.05) is 12.1 Å². The van der Waals surface area contributed by atoms with Crippen molar-refractivity contribution in [1.82, 2.24) is 5.32 Å². The molecule has 13 heavy (non-hydrogen) atoms. The van der Waals surface area contributed by atoms with Crippen LogP contribution in [0.5, 0.6) is 0 Å². The standard InChI is InChI=1S/C10H12N2O/c1-7-6-11-10(13)8-4-2-3-5-9(8)12-7/h2-5,7,12H,6H2,1H3,(H,11,13). The molecule has 1 unspecified atom stereocenters. The van der Waals surface area contributed by atoms with E-state index in [1.165, 1.54) is 0 Å². The van der Waals surface area contributed by atoms with Gasteiger partial charge in [-0.15, -0.1) is 0 Å². The Morgan fingerprint density at radius 2 is 2.15 bits per heavy atom. The van der Waals surface area contributed by atoms with Gasteiger partial charge in [-0.05, 0) is 19.1 Å². The highest BCUT2D eigenvalue weighted by molar-refractivity contribution is 6.00. The Hall–Kier alpha value is -1.51. The van der Waals surface area contributed by atoms with Gasteiger partial charge in [0.25, 0.3) is 5.91 Å². The predicted octanol–water partition coefficient (Wildman–Crippen LogP) is 1.23. The first-order valence-electron chi connectivity index (χ1n) is 4.41. The zero-order valence-corrected chi connectivity index (χ0v) is 7.50. The first-order valence-corrected chi connectivity index (χ1v) is 4.41. The molecule has 0 spiro atoms. The second-order valence-electron chi connectivity index (χ2n) is 3.30. The van der Waals surface area contributed by atoms with Crippen molar-refractivity contribution in [2.45, 2.75) is 13.0 Å². The molecule has 0 aromatic heterocycles. The van der Waals surface area contributed by atoms with Gasteiger partial charge in [0, 0.05) is 18.3 Å². The SMILES string of the molecule is CC1CNC(=O)c2ccccc2N1. The number of nitrogens with one attached hydrogen (secondary N) is 2. The third-order valence-electron chi connectivity index (χ3n) is 2.14. The summed E-state index contributed by atoms with van der Waals surface area (Å²) < 4.78 is 0. The minimum absolute atomic E-state index is 0.00690. The highest BCUT2D eigenvalue weighted by Crippen LogP contribution is 2.17. The van der Waals surface area contributed by atoms with Gasteiger partial charge >= 0.3 is 0 Å². The number of para-hydroxylation sites is 1. The maximum Gasteiger partial charge on any atom is 0.253 e. The molecule has 1 atom stereocenters. The summed E-state index contributed by atoms with van der Waals surface area (Å²) in [7, 11) is 0. The summed E-state index contributed by atoms with van der Waals surface area (Å²) in [5.41, 5.74) is 1.65. The Balaban J connectivity index is 2.43. The minimum atomic E-state index is 0.00690. The molecule has 2 rings (SSSR count). The summed E-state index contributed by atoms with van der Waals surface area (Å²) in [6.07, 6.45) is 0. The minimum Gasteiger partial charge on any atom is -0.380 e. The van der Waals surface area contributed by atoms with Gasteiger partial charge in [-0.3, -0.25) is 4.79 Å². The van der Waals surface area contributed by atoms with Crippen LogP contribution in [0.1, 0.15) is 17.3 Å². The van der Waals surface area contributed by atoms with Crippen LogP contribution >= 0.6 is 0 Å². The molecule has 1 aromatic carbocycles. The molecule has 1 aromatic rings. The topological polar surface area (TPSA) is 41.1 Å². The summed E-state index contributed by atoms with van der Waals surface area (Å²) in [5, 5.41) is 6.12. The van der Waals surface area contributed by atoms with E-state index in [0.717, 1.165) is 11.3 Å². The van der Waals surface area contributed by atoms with Gasteiger partial charge in [0.2, 0.25) is 0 Å². The van der Waals surface area contributed by atoms with E-state index >= 15 is 0 Å². The van der Waals surface area contributed by atoms with Crippen molar-refractivity contribution in [1.29, 1.82) is 0 Å². The van der Waals surface area contributed by atoms with E-state index < -0.39 is 0 Å². The molecule has 0 bridgehead atoms. The van der Waals surface area contributed by atoms with E-state index in [2.05, 4.69) is 10.6 Å². The maximum atomic E-state index is 11.5. The zero-order valence-electron chi connectivity index (χ0n) is 7.50. The maximum absolute atomic E-state index is 11.5. The van der Waals surface area contributed by atoms with Crippen molar-refractivity contribution in [2.75, 3.05) is 11.9 Å². The Labute approximate surface area is 77.1 Å². The van der Waals surface area contributed by atoms with Gasteiger partial charge in [0.05, 0.1) is 5.56 Å². The molecule has 1 aliphatic heterocycles. The Morgan fingerprint density at radius 3 is 3.00 bits per heavy atom. The summed E-state index contributed by atoms with van der Waals surface area (Å²) >= 11 is 0. The molecule has 0 fully saturated rings. The van der Waals surface area contributed by atoms with E-state index in [1.54, 1.807) is 0 Å². The summed E-state index contributed by atoms with van der Waals surface area (Å²) in [4.78, 5) is 11.5. The van der Waals surface area contributed by atoms with Crippen LogP contribution in [0, 0.1) is 0 Å². The van der Waals surface area contributed by atoms with E-state index in [-0.39, 0.29) is 11.9 Å². The van der Waals surface area contributed by atoms with Crippen LogP contribution in [-0.2, 0) is 0 Å². The third kappa shape index (κ3) is 1.49. The number of rotatable bonds is 0. The van der Waals surface area contributed by atoms with Crippen molar-refractivity contribution in [3.63, 3.8) is 0 Å². The van der Waals surface area contributed by atoms with E-state index in [1.807, 2.05) is 31.2 Å². The lowest BCUT2D eigenvalue weighted by Crippen LogP contribution is -2.30. The Kier molecular flexibility index (Phi) is 1.93. The van der Waals surface area contributed by atoms with Crippen LogP contribution in [0.15, 0.2) is 24.3 Å². The van der Waals surface area contributed by atoms with Crippen LogP contribution in [0.25, 0.3) is 0 Å². The lowest BCUT2D eigenvalue weighted by molar-refractivity contribution is 0.0956. The highest BCUT2D eigenvalue weighted by atomic mass is 16.1. The number of hydrogen-bond acceptors (Lipinski definition) is 2. The van der Waals surface area contributed by atoms with Crippen LogP contribution in [0.2, 0.25) is 0 Å². The Morgan fingerprint density at radius 1 is 1.38 bits per heavy atom. The second-order valence-corrected chi connectivity index (χ2v) is 3.30. The van der Waals surface area contributed by atoms with Crippen molar-refractivity contribution in [2.24, 2.45) is 0 Å². The monoisotopic (exact) mass is 176 g/mol. The fourth-order valence-electron chi connectivity index (χ4n) is 1.46. The molecule has 0 saturated carbocycles. The predicted molar refractivity (Wildman–Crippen MR) is 51.9 cm³/mol. The van der Waals surface area contributed by atoms with Crippen molar-refractivity contribution >= 4 is 11.6 Å². The van der Waals surface area contributed by atoms with Crippen LogP contribution in [0.4, 0.5) is 5.69 Å². The van der Waals surface area contributed by atoms with Gasteiger partial charge in [0.15, 0.2) is 0 Å². The molecule has 1 heterocycles. The number of carbonyl (C=O) groups excluding carboxylic acids is 1. The second kappa shape index (κ2) is 3.09. The number of amides is 1. The van der Waals surface area contributed by atoms with Gasteiger partial charge in [-0.25, -0.2) is 0 Å². The molecule has 0 saturated heterocycles. The number of hydrogen-bond donors (Lipinski definition) is 2. The number of benzene rings is 1. The quantitative estimate of drug-likeness (QED) is 0.624. The van der Waals surface area contributed by atoms with Crippen molar-refractivity contribution < 1.29 is 4.79 Å². The molecular formula is C10H12N2O. The fourth-order valence-corrected chi connectivity index (χ4v) is 1.46. The average molecular weight is 176 g/mol. The fraction of sp³-hybridized carbons (Fsp3) is 0.300. The first-order chi connectivity index (χ1) is 6.27. The first kappa shape index (κ1) is 8.10. The molecular weight excluding hydrogens is 164 g/mol. The highest BCUT2D eigenvalue weighted by Gasteiger charge is 2.16. The Bertz CT molecular complexity index is 335. The number of carbonyl (C=O) groups is 1. The summed E-state index contributed by atoms with van der Waals surface area (Å²) in [6, 6.07) is 7.84. The van der Waals surface area contributed by atoms with Crippen LogP contribution in [0.3, 0.4) is 0 Å². The molecule has 2 N–H and O–H groups in total. The van der Waals surface area contributed by atoms with E-state index in [0.29, 0.717) is 6.54 Å². The molecule has 3 heteroatoms. The van der Waals surface area contributed by atoms with Gasteiger partial charge in [-0.2, -0.15) is 0 Å². The molecule has 68 valence electrons. The van der Waals surface area contributed by atoms with Crippen LogP contribution < -0.4 is 10.6 Å². The normalized spacial score (nSPS) is 21.0. The molecule has 3 nitrogen and oxygen atoms in total. The lowest BCUT2D eigenvalue weighted by atomic mass is 10.1. The third-order valence-corrected chi connectivity index (χ3v) is 2.14. The number of anilines is 1. The largest absolute Gasteiger partial charge is 0.380 e. The number of fused-ring (bicyclic) bond motifs is 1.